The predicted molar refractivity (Wildman–Crippen MR) is 130 cm³/mol. The van der Waals surface area contributed by atoms with Crippen molar-refractivity contribution in [2.75, 3.05) is 6.54 Å². The number of imide groups is 1. The Labute approximate surface area is 204 Å². The quantitative estimate of drug-likeness (QED) is 0.657. The number of hydrogen-bond donors (Lipinski definition) is 1. The lowest BCUT2D eigenvalue weighted by Crippen LogP contribution is -2.43. The normalized spacial score (nSPS) is 19.0. The van der Waals surface area contributed by atoms with Crippen molar-refractivity contribution in [1.29, 1.82) is 0 Å². The first-order valence-corrected chi connectivity index (χ1v) is 12.4. The Balaban J connectivity index is 1.21. The van der Waals surface area contributed by atoms with E-state index in [0.29, 0.717) is 25.2 Å². The molecule has 7 heteroatoms. The lowest BCUT2D eigenvalue weighted by Gasteiger charge is -2.29. The number of nitrogens with one attached hydrogen (secondary N) is 1. The second kappa shape index (κ2) is 9.63. The van der Waals surface area contributed by atoms with Crippen LogP contribution in [0.1, 0.15) is 59.2 Å². The minimum absolute atomic E-state index is 0.0134. The third-order valence-corrected chi connectivity index (χ3v) is 7.44. The zero-order chi connectivity index (χ0) is 23.7. The summed E-state index contributed by atoms with van der Waals surface area (Å²) in [5.74, 6) is -0.719. The molecule has 6 nitrogen and oxygen atoms in total. The van der Waals surface area contributed by atoms with Gasteiger partial charge in [0.25, 0.3) is 17.7 Å². The van der Waals surface area contributed by atoms with Crippen molar-refractivity contribution in [1.82, 2.24) is 15.1 Å². The lowest BCUT2D eigenvalue weighted by atomic mass is 9.94. The van der Waals surface area contributed by atoms with E-state index in [-0.39, 0.29) is 28.6 Å². The van der Waals surface area contributed by atoms with Crippen molar-refractivity contribution in [3.05, 3.63) is 81.5 Å². The Morgan fingerprint density at radius 2 is 1.65 bits per heavy atom. The highest BCUT2D eigenvalue weighted by Gasteiger charge is 2.41. The molecule has 0 radical (unpaired) electrons. The van der Waals surface area contributed by atoms with E-state index in [2.05, 4.69) is 17.4 Å². The number of benzene rings is 2. The molecular weight excluding hydrogens is 450 g/mol. The smallest absolute Gasteiger partial charge is 0.278 e. The monoisotopic (exact) mass is 477 g/mol. The summed E-state index contributed by atoms with van der Waals surface area (Å²) in [4.78, 5) is 41.7. The fraction of sp³-hybridized carbons (Fsp3) is 0.370. The molecule has 1 fully saturated rings. The summed E-state index contributed by atoms with van der Waals surface area (Å²) in [6.07, 6.45) is 5.74. The molecule has 0 saturated heterocycles. The van der Waals surface area contributed by atoms with Gasteiger partial charge in [0, 0.05) is 31.2 Å². The van der Waals surface area contributed by atoms with Crippen LogP contribution in [0.15, 0.2) is 59.3 Å². The van der Waals surface area contributed by atoms with Gasteiger partial charge in [-0.2, -0.15) is 0 Å². The van der Waals surface area contributed by atoms with Crippen LogP contribution in [0.4, 0.5) is 0 Å². The second-order valence-corrected chi connectivity index (χ2v) is 9.63. The number of halogens is 1. The number of nitrogens with zero attached hydrogens (tertiary/aromatic N) is 2. The second-order valence-electron chi connectivity index (χ2n) is 9.26. The Kier molecular flexibility index (Phi) is 6.42. The standard InChI is InChI=1S/C27H28ClN3O3/c28-23-24(27(34)31(26(23)33)22-8-2-1-3-9-22)29-16-18-10-12-20(13-11-18)25(32)30-15-14-19-6-4-5-7-21(19)17-30/h4-7,10-13,22,29H,1-3,8-9,14-17H2. The summed E-state index contributed by atoms with van der Waals surface area (Å²) < 4.78 is 0. The zero-order valence-corrected chi connectivity index (χ0v) is 19.8. The Morgan fingerprint density at radius 1 is 0.941 bits per heavy atom. The molecular formula is C27H28ClN3O3. The molecule has 0 spiro atoms. The van der Waals surface area contributed by atoms with E-state index in [1.165, 1.54) is 16.0 Å². The molecule has 34 heavy (non-hydrogen) atoms. The van der Waals surface area contributed by atoms with Gasteiger partial charge in [0.2, 0.25) is 0 Å². The summed E-state index contributed by atoms with van der Waals surface area (Å²) in [7, 11) is 0. The number of carbonyl (C=O) groups excluding carboxylic acids is 3. The van der Waals surface area contributed by atoms with Crippen LogP contribution in [-0.2, 0) is 29.1 Å². The number of fused-ring (bicyclic) bond motifs is 1. The fourth-order valence-electron chi connectivity index (χ4n) is 5.15. The third-order valence-electron chi connectivity index (χ3n) is 7.09. The minimum atomic E-state index is -0.398. The molecule has 0 atom stereocenters. The fourth-order valence-corrected chi connectivity index (χ4v) is 5.39. The van der Waals surface area contributed by atoms with Crippen LogP contribution in [-0.4, -0.2) is 40.1 Å². The topological polar surface area (TPSA) is 69.7 Å². The molecule has 5 rings (SSSR count). The maximum Gasteiger partial charge on any atom is 0.278 e. The predicted octanol–water partition coefficient (Wildman–Crippen LogP) is 4.13. The maximum absolute atomic E-state index is 13.0. The Hall–Kier alpha value is -3.12. The third kappa shape index (κ3) is 4.34. The highest BCUT2D eigenvalue weighted by atomic mass is 35.5. The first-order chi connectivity index (χ1) is 16.5. The van der Waals surface area contributed by atoms with Crippen LogP contribution >= 0.6 is 11.6 Å². The van der Waals surface area contributed by atoms with Gasteiger partial charge in [0.15, 0.2) is 0 Å². The van der Waals surface area contributed by atoms with Gasteiger partial charge in [-0.15, -0.1) is 0 Å². The molecule has 1 aliphatic carbocycles. The average molecular weight is 478 g/mol. The molecule has 2 aliphatic heterocycles. The molecule has 3 amide bonds. The van der Waals surface area contributed by atoms with E-state index in [1.807, 2.05) is 41.3 Å². The highest BCUT2D eigenvalue weighted by Crippen LogP contribution is 2.31. The van der Waals surface area contributed by atoms with Crippen LogP contribution in [0.25, 0.3) is 0 Å². The van der Waals surface area contributed by atoms with Gasteiger partial charge < -0.3 is 10.2 Å². The molecule has 3 aliphatic rings. The van der Waals surface area contributed by atoms with Gasteiger partial charge in [-0.05, 0) is 48.1 Å². The number of hydrogen-bond acceptors (Lipinski definition) is 4. The van der Waals surface area contributed by atoms with E-state index in [1.54, 1.807) is 0 Å². The van der Waals surface area contributed by atoms with Gasteiger partial charge in [-0.3, -0.25) is 19.3 Å². The first kappa shape index (κ1) is 22.7. The zero-order valence-electron chi connectivity index (χ0n) is 19.1. The van der Waals surface area contributed by atoms with Crippen LogP contribution in [0.2, 0.25) is 0 Å². The van der Waals surface area contributed by atoms with Crippen LogP contribution in [0.5, 0.6) is 0 Å². The lowest BCUT2D eigenvalue weighted by molar-refractivity contribution is -0.140. The van der Waals surface area contributed by atoms with Crippen molar-refractivity contribution in [2.45, 2.75) is 57.7 Å². The number of amides is 3. The first-order valence-electron chi connectivity index (χ1n) is 12.0. The van der Waals surface area contributed by atoms with Crippen molar-refractivity contribution in [3.8, 4) is 0 Å². The summed E-state index contributed by atoms with van der Waals surface area (Å²) >= 11 is 6.25. The van der Waals surface area contributed by atoms with Gasteiger partial charge in [-0.25, -0.2) is 0 Å². The molecule has 2 aromatic carbocycles. The summed E-state index contributed by atoms with van der Waals surface area (Å²) in [5, 5.41) is 3.03. The average Bonchev–Trinajstić information content (AvgIpc) is 3.10. The van der Waals surface area contributed by atoms with Crippen molar-refractivity contribution in [2.24, 2.45) is 0 Å². The molecule has 1 N–H and O–H groups in total. The molecule has 1 saturated carbocycles. The van der Waals surface area contributed by atoms with Crippen molar-refractivity contribution >= 4 is 29.3 Å². The van der Waals surface area contributed by atoms with E-state index in [9.17, 15) is 14.4 Å². The van der Waals surface area contributed by atoms with Crippen LogP contribution < -0.4 is 5.32 Å². The Bertz CT molecular complexity index is 1150. The largest absolute Gasteiger partial charge is 0.375 e. The highest BCUT2D eigenvalue weighted by molar-refractivity contribution is 6.47. The van der Waals surface area contributed by atoms with Crippen molar-refractivity contribution in [3.63, 3.8) is 0 Å². The SMILES string of the molecule is O=C(c1ccc(CNC2=C(Cl)C(=O)N(C3CCCCC3)C2=O)cc1)N1CCc2ccccc2C1. The van der Waals surface area contributed by atoms with Crippen LogP contribution in [0, 0.1) is 0 Å². The van der Waals surface area contributed by atoms with Gasteiger partial charge in [0.05, 0.1) is 0 Å². The van der Waals surface area contributed by atoms with Gasteiger partial charge in [-0.1, -0.05) is 67.3 Å². The molecule has 2 aromatic rings. The summed E-state index contributed by atoms with van der Waals surface area (Å²) in [6.45, 7) is 1.67. The number of rotatable bonds is 5. The maximum atomic E-state index is 13.0. The molecule has 176 valence electrons. The van der Waals surface area contributed by atoms with E-state index < -0.39 is 5.91 Å². The van der Waals surface area contributed by atoms with E-state index in [4.69, 9.17) is 11.6 Å². The van der Waals surface area contributed by atoms with Gasteiger partial charge in [0.1, 0.15) is 10.7 Å². The minimum Gasteiger partial charge on any atom is -0.375 e. The molecule has 2 heterocycles. The molecule has 0 unspecified atom stereocenters. The Morgan fingerprint density at radius 3 is 2.38 bits per heavy atom. The summed E-state index contributed by atoms with van der Waals surface area (Å²) in [5.41, 5.74) is 4.21. The summed E-state index contributed by atoms with van der Waals surface area (Å²) in [6, 6.07) is 15.5. The molecule has 0 bridgehead atoms. The van der Waals surface area contributed by atoms with Gasteiger partial charge >= 0.3 is 0 Å². The van der Waals surface area contributed by atoms with E-state index >= 15 is 0 Å². The van der Waals surface area contributed by atoms with Crippen molar-refractivity contribution < 1.29 is 14.4 Å². The number of carbonyl (C=O) groups is 3. The van der Waals surface area contributed by atoms with Crippen LogP contribution in [0.3, 0.4) is 0 Å². The molecule has 0 aromatic heterocycles. The van der Waals surface area contributed by atoms with E-state index in [0.717, 1.165) is 44.1 Å².